The highest BCUT2D eigenvalue weighted by Crippen LogP contribution is 2.26. The Morgan fingerprint density at radius 2 is 2.20 bits per heavy atom. The smallest absolute Gasteiger partial charge is 0.127 e. The molecule has 2 heteroatoms. The first-order chi connectivity index (χ1) is 7.04. The summed E-state index contributed by atoms with van der Waals surface area (Å²) in [6.07, 6.45) is 5.01. The summed E-state index contributed by atoms with van der Waals surface area (Å²) in [5.74, 6) is 1.29. The molecular weight excluding hydrogens is 186 g/mol. The van der Waals surface area contributed by atoms with Crippen molar-refractivity contribution in [3.8, 4) is 0 Å². The minimum absolute atomic E-state index is 0.221. The fraction of sp³-hybridized carbons (Fsp3) is 0.846. The second kappa shape index (κ2) is 5.55. The number of ether oxygens (including phenoxy) is 1. The van der Waals surface area contributed by atoms with Gasteiger partial charge >= 0.3 is 0 Å². The maximum Gasteiger partial charge on any atom is 0.127 e. The normalized spacial score (nSPS) is 32.4. The van der Waals surface area contributed by atoms with Crippen molar-refractivity contribution in [1.29, 1.82) is 0 Å². The van der Waals surface area contributed by atoms with Crippen molar-refractivity contribution >= 4 is 0 Å². The first-order valence-corrected chi connectivity index (χ1v) is 6.12. The highest BCUT2D eigenvalue weighted by Gasteiger charge is 2.29. The van der Waals surface area contributed by atoms with Gasteiger partial charge in [0.25, 0.3) is 0 Å². The van der Waals surface area contributed by atoms with Crippen molar-refractivity contribution in [2.24, 2.45) is 11.8 Å². The van der Waals surface area contributed by atoms with Gasteiger partial charge in [-0.1, -0.05) is 33.3 Å². The number of hydrogen-bond acceptors (Lipinski definition) is 2. The van der Waals surface area contributed by atoms with Crippen LogP contribution in [0.15, 0.2) is 11.8 Å². The summed E-state index contributed by atoms with van der Waals surface area (Å²) in [5.41, 5.74) is 1.38. The van der Waals surface area contributed by atoms with E-state index in [9.17, 15) is 0 Å². The summed E-state index contributed by atoms with van der Waals surface area (Å²) < 4.78 is 5.90. The van der Waals surface area contributed by atoms with Gasteiger partial charge in [0.15, 0.2) is 0 Å². The molecule has 0 aromatic rings. The van der Waals surface area contributed by atoms with E-state index in [1.54, 1.807) is 0 Å². The van der Waals surface area contributed by atoms with Crippen molar-refractivity contribution in [2.75, 3.05) is 0 Å². The summed E-state index contributed by atoms with van der Waals surface area (Å²) >= 11 is 0. The number of rotatable bonds is 4. The molecule has 3 atom stereocenters. The van der Waals surface area contributed by atoms with E-state index in [1.807, 2.05) is 0 Å². The maximum atomic E-state index is 5.90. The van der Waals surface area contributed by atoms with Gasteiger partial charge in [0, 0.05) is 0 Å². The highest BCUT2D eigenvalue weighted by atomic mass is 16.5. The van der Waals surface area contributed by atoms with E-state index in [0.29, 0.717) is 17.9 Å². The fourth-order valence-corrected chi connectivity index (χ4v) is 1.89. The molecule has 0 aromatic heterocycles. The van der Waals surface area contributed by atoms with Crippen LogP contribution in [0.3, 0.4) is 0 Å². The lowest BCUT2D eigenvalue weighted by Gasteiger charge is -2.14. The third-order valence-corrected chi connectivity index (χ3v) is 3.37. The van der Waals surface area contributed by atoms with Crippen LogP contribution in [-0.2, 0) is 4.74 Å². The molecule has 15 heavy (non-hydrogen) atoms. The van der Waals surface area contributed by atoms with Gasteiger partial charge in [0.05, 0.1) is 6.10 Å². The van der Waals surface area contributed by atoms with Crippen LogP contribution in [0.1, 0.15) is 47.5 Å². The Hall–Kier alpha value is -0.500. The Morgan fingerprint density at radius 3 is 2.67 bits per heavy atom. The molecule has 0 spiro atoms. The summed E-state index contributed by atoms with van der Waals surface area (Å²) in [6.45, 7) is 11.0. The quantitative estimate of drug-likeness (QED) is 0.770. The molecule has 1 N–H and O–H groups in total. The standard InChI is InChI=1S/C13H25NO/c1-6-12-10(4)7-13(15-12)14-8-11(5)9(2)3/h8-10,12-14H,6-7H2,1-5H3/b11-8+. The highest BCUT2D eigenvalue weighted by molar-refractivity contribution is 5.00. The van der Waals surface area contributed by atoms with E-state index in [-0.39, 0.29) is 6.23 Å². The molecule has 88 valence electrons. The van der Waals surface area contributed by atoms with Crippen LogP contribution >= 0.6 is 0 Å². The van der Waals surface area contributed by atoms with Crippen molar-refractivity contribution in [3.63, 3.8) is 0 Å². The Bertz CT molecular complexity index is 223. The molecule has 0 saturated carbocycles. The molecule has 0 bridgehead atoms. The lowest BCUT2D eigenvalue weighted by atomic mass is 10.0. The maximum absolute atomic E-state index is 5.90. The molecule has 1 fully saturated rings. The van der Waals surface area contributed by atoms with Gasteiger partial charge < -0.3 is 10.1 Å². The Morgan fingerprint density at radius 1 is 1.53 bits per heavy atom. The van der Waals surface area contributed by atoms with E-state index in [0.717, 1.165) is 12.8 Å². The van der Waals surface area contributed by atoms with Crippen molar-refractivity contribution in [3.05, 3.63) is 11.8 Å². The molecule has 0 aliphatic carbocycles. The number of nitrogens with one attached hydrogen (secondary N) is 1. The predicted octanol–water partition coefficient (Wildman–Crippen LogP) is 3.30. The number of allylic oxidation sites excluding steroid dienone is 1. The van der Waals surface area contributed by atoms with Crippen LogP contribution in [0.5, 0.6) is 0 Å². The van der Waals surface area contributed by atoms with E-state index >= 15 is 0 Å². The molecule has 1 saturated heterocycles. The molecule has 3 unspecified atom stereocenters. The molecule has 0 aromatic carbocycles. The summed E-state index contributed by atoms with van der Waals surface area (Å²) in [6, 6.07) is 0. The van der Waals surface area contributed by atoms with Crippen LogP contribution in [-0.4, -0.2) is 12.3 Å². The molecule has 1 aliphatic heterocycles. The Labute approximate surface area is 94.1 Å². The van der Waals surface area contributed by atoms with Crippen molar-refractivity contribution in [1.82, 2.24) is 5.32 Å². The van der Waals surface area contributed by atoms with Crippen LogP contribution < -0.4 is 5.32 Å². The first kappa shape index (κ1) is 12.6. The summed E-state index contributed by atoms with van der Waals surface area (Å²) in [5, 5.41) is 3.37. The van der Waals surface area contributed by atoms with E-state index in [1.165, 1.54) is 5.57 Å². The van der Waals surface area contributed by atoms with Gasteiger partial charge in [-0.15, -0.1) is 0 Å². The molecule has 0 radical (unpaired) electrons. The predicted molar refractivity (Wildman–Crippen MR) is 64.5 cm³/mol. The zero-order valence-electron chi connectivity index (χ0n) is 10.7. The molecule has 1 rings (SSSR count). The largest absolute Gasteiger partial charge is 0.366 e. The van der Waals surface area contributed by atoms with Crippen LogP contribution in [0, 0.1) is 11.8 Å². The monoisotopic (exact) mass is 211 g/mol. The fourth-order valence-electron chi connectivity index (χ4n) is 1.89. The van der Waals surface area contributed by atoms with Gasteiger partial charge in [0.1, 0.15) is 6.23 Å². The lowest BCUT2D eigenvalue weighted by Crippen LogP contribution is -2.24. The third-order valence-electron chi connectivity index (χ3n) is 3.37. The van der Waals surface area contributed by atoms with E-state index in [2.05, 4.69) is 46.1 Å². The second-order valence-corrected chi connectivity index (χ2v) is 4.99. The van der Waals surface area contributed by atoms with E-state index < -0.39 is 0 Å². The van der Waals surface area contributed by atoms with Crippen LogP contribution in [0.2, 0.25) is 0 Å². The van der Waals surface area contributed by atoms with Crippen molar-refractivity contribution in [2.45, 2.75) is 59.8 Å². The lowest BCUT2D eigenvalue weighted by molar-refractivity contribution is 0.0239. The second-order valence-electron chi connectivity index (χ2n) is 4.99. The zero-order valence-corrected chi connectivity index (χ0v) is 10.7. The van der Waals surface area contributed by atoms with E-state index in [4.69, 9.17) is 4.74 Å². The summed E-state index contributed by atoms with van der Waals surface area (Å²) in [4.78, 5) is 0. The molecule has 1 heterocycles. The Balaban J connectivity index is 2.39. The minimum Gasteiger partial charge on any atom is -0.366 e. The summed E-state index contributed by atoms with van der Waals surface area (Å²) in [7, 11) is 0. The van der Waals surface area contributed by atoms with Gasteiger partial charge in [-0.2, -0.15) is 0 Å². The van der Waals surface area contributed by atoms with Gasteiger partial charge in [-0.05, 0) is 37.8 Å². The minimum atomic E-state index is 0.221. The third kappa shape index (κ3) is 3.53. The molecular formula is C13H25NO. The average Bonchev–Trinajstić information content (AvgIpc) is 2.55. The van der Waals surface area contributed by atoms with Gasteiger partial charge in [-0.3, -0.25) is 0 Å². The average molecular weight is 211 g/mol. The Kier molecular flexibility index (Phi) is 4.65. The van der Waals surface area contributed by atoms with Gasteiger partial charge in [0.2, 0.25) is 0 Å². The van der Waals surface area contributed by atoms with Crippen molar-refractivity contribution < 1.29 is 4.74 Å². The zero-order chi connectivity index (χ0) is 11.4. The molecule has 2 nitrogen and oxygen atoms in total. The van der Waals surface area contributed by atoms with Crippen LogP contribution in [0.4, 0.5) is 0 Å². The molecule has 1 aliphatic rings. The van der Waals surface area contributed by atoms with Crippen LogP contribution in [0.25, 0.3) is 0 Å². The first-order valence-electron chi connectivity index (χ1n) is 6.12. The topological polar surface area (TPSA) is 21.3 Å². The van der Waals surface area contributed by atoms with Gasteiger partial charge in [-0.25, -0.2) is 0 Å². The molecule has 0 amide bonds. The SMILES string of the molecule is CCC1OC(N/C=C(\C)C(C)C)CC1C. The number of hydrogen-bond donors (Lipinski definition) is 1.